The van der Waals surface area contributed by atoms with E-state index in [1.165, 1.54) is 0 Å². The van der Waals surface area contributed by atoms with Gasteiger partial charge in [0.05, 0.1) is 0 Å². The molecule has 56 valence electrons. The van der Waals surface area contributed by atoms with Gasteiger partial charge >= 0.3 is 88.7 Å². The van der Waals surface area contributed by atoms with Crippen LogP contribution in [0, 0.1) is 0 Å². The summed E-state index contributed by atoms with van der Waals surface area (Å²) < 4.78 is 20.7. The van der Waals surface area contributed by atoms with Crippen molar-refractivity contribution in [1.29, 1.82) is 0 Å². The summed E-state index contributed by atoms with van der Waals surface area (Å²) in [6.45, 7) is -1.73. The number of rotatable bonds is 0. The van der Waals surface area contributed by atoms with Crippen LogP contribution in [-0.2, 0) is 9.36 Å². The minimum atomic E-state index is -5.39. The molecule has 6 nitrogen and oxygen atoms in total. The molecule has 0 saturated carbocycles. The van der Waals surface area contributed by atoms with Crippen molar-refractivity contribution in [1.82, 2.24) is 0 Å². The summed E-state index contributed by atoms with van der Waals surface area (Å²) in [7, 11) is -5.39. The molecule has 0 rings (SSSR count). The summed E-state index contributed by atoms with van der Waals surface area (Å²) in [6, 6.07) is 0. The van der Waals surface area contributed by atoms with Crippen LogP contribution in [0.3, 0.4) is 0 Å². The second-order valence-electron chi connectivity index (χ2n) is 0.785. The van der Waals surface area contributed by atoms with Crippen LogP contribution in [0.15, 0.2) is 0 Å². The summed E-state index contributed by atoms with van der Waals surface area (Å²) in [4.78, 5) is 35.0. The van der Waals surface area contributed by atoms with E-state index in [9.17, 15) is 4.79 Å². The largest absolute Gasteiger partial charge is 1.00 e. The van der Waals surface area contributed by atoms with Crippen LogP contribution in [0.25, 0.3) is 0 Å². The Balaban J connectivity index is -0.0000000321. The van der Waals surface area contributed by atoms with Crippen molar-refractivity contribution in [3.8, 4) is 0 Å². The fourth-order valence-electron chi connectivity index (χ4n) is 0. The maximum Gasteiger partial charge on any atom is 1.00 e. The number of phosphoric acid groups is 1. The van der Waals surface area contributed by atoms with Gasteiger partial charge in [-0.25, -0.2) is 0 Å². The van der Waals surface area contributed by atoms with Gasteiger partial charge in [0, 0.05) is 9.62 Å². The van der Waals surface area contributed by atoms with E-state index in [2.05, 4.69) is 0 Å². The quantitative estimate of drug-likeness (QED) is 0.323. The molecule has 10 heteroatoms. The minimum Gasteiger partial charge on any atom is -0.822 e. The summed E-state index contributed by atoms with van der Waals surface area (Å²) in [5.74, 6) is -1.41. The van der Waals surface area contributed by atoms with Crippen LogP contribution in [0.4, 0.5) is 0 Å². The summed E-state index contributed by atoms with van der Waals surface area (Å²) >= 11 is 0. The van der Waals surface area contributed by atoms with E-state index in [-0.39, 0.29) is 88.7 Å². The molecule has 0 amide bonds. The first kappa shape index (κ1) is 20.1. The van der Waals surface area contributed by atoms with Crippen molar-refractivity contribution in [3.05, 3.63) is 0 Å². The first-order valence-electron chi connectivity index (χ1n) is 2.60. The Bertz CT molecular complexity index is 164. The number of aliphatic carboxylic acids is 1. The molecule has 0 bridgehead atoms. The van der Waals surface area contributed by atoms with Crippen LogP contribution in [-0.4, -0.2) is 11.1 Å². The monoisotopic (exact) mass is 226 g/mol. The maximum absolute atomic E-state index is 9.32. The van der Waals surface area contributed by atoms with Crippen molar-refractivity contribution in [2.75, 3.05) is 0 Å². The average molecular weight is 226 g/mol. The van der Waals surface area contributed by atoms with Crippen molar-refractivity contribution < 1.29 is 121 Å². The van der Waals surface area contributed by atoms with Gasteiger partial charge in [0.25, 0.3) is 5.97 Å². The Morgan fingerprint density at radius 1 is 1.33 bits per heavy atom. The number of carbonyl (C=O) groups is 1. The Morgan fingerprint density at radius 2 is 1.42 bits per heavy atom. The van der Waals surface area contributed by atoms with Crippen LogP contribution in [0.5, 0.6) is 0 Å². The molecule has 0 radical (unpaired) electrons. The molecule has 0 aromatic carbocycles. The zero-order valence-electron chi connectivity index (χ0n) is 9.01. The molecule has 0 aliphatic rings. The van der Waals surface area contributed by atoms with E-state index in [1.54, 1.807) is 0 Å². The van der Waals surface area contributed by atoms with E-state index in [0.717, 1.165) is 0 Å². The van der Waals surface area contributed by atoms with Crippen LogP contribution < -0.4 is 103 Å². The van der Waals surface area contributed by atoms with Crippen molar-refractivity contribution >= 4 is 13.8 Å². The van der Waals surface area contributed by atoms with Crippen LogP contribution >= 0.6 is 7.82 Å². The fraction of sp³-hybridized carbons (Fsp3) is 0.500. The molecule has 0 aliphatic carbocycles. The van der Waals surface area contributed by atoms with Crippen molar-refractivity contribution in [2.45, 2.75) is 6.88 Å². The molecule has 0 atom stereocenters. The van der Waals surface area contributed by atoms with Gasteiger partial charge in [-0.1, -0.05) is 0 Å². The second-order valence-corrected chi connectivity index (χ2v) is 1.68. The average Bonchev–Trinajstić information content (AvgIpc) is 1.59. The molecule has 0 heterocycles. The van der Waals surface area contributed by atoms with Crippen molar-refractivity contribution in [2.24, 2.45) is 0 Å². The van der Waals surface area contributed by atoms with Gasteiger partial charge in [0.2, 0.25) is 0 Å². The van der Waals surface area contributed by atoms with Gasteiger partial charge in [-0.2, -0.15) is 7.82 Å². The number of carboxylic acids is 1. The zero-order valence-corrected chi connectivity index (χ0v) is 13.9. The third-order valence-corrected chi connectivity index (χ3v) is 0. The molecule has 0 saturated heterocycles. The van der Waals surface area contributed by atoms with E-state index in [4.69, 9.17) is 27.1 Å². The van der Waals surface area contributed by atoms with Crippen molar-refractivity contribution in [3.63, 3.8) is 0 Å². The summed E-state index contributed by atoms with van der Waals surface area (Å²) in [6.07, 6.45) is 0. The first-order chi connectivity index (χ1) is 4.64. The molecule has 0 unspecified atom stereocenters. The predicted octanol–water partition coefficient (Wildman–Crippen LogP) is -11.7. The minimum absolute atomic E-state index is 0. The predicted molar refractivity (Wildman–Crippen MR) is 20.9 cm³/mol. The standard InChI is InChI=1S/C2H4O2.3Na.H3O4P/c1-2(3)4;;;;1-5(2,3)4/h1H3,(H,3,4);;;;(H3,1,2,3,4)/q;3*+1;/p-3/i1D2;;;;. The SMILES string of the molecule is O=P([O-])([O-])[O-].[2H]C([2H])C(=O)O.[Na+].[Na+].[Na+]. The van der Waals surface area contributed by atoms with Crippen LogP contribution in [0.2, 0.25) is 0 Å². The van der Waals surface area contributed by atoms with Gasteiger partial charge in [0.15, 0.2) is 0 Å². The van der Waals surface area contributed by atoms with Gasteiger partial charge in [0.1, 0.15) is 0 Å². The topological polar surface area (TPSA) is 124 Å². The summed E-state index contributed by atoms with van der Waals surface area (Å²) in [5, 5.41) is 7.62. The normalized spacial score (nSPS) is 9.67. The van der Waals surface area contributed by atoms with Gasteiger partial charge in [-0.15, -0.1) is 0 Å². The van der Waals surface area contributed by atoms with E-state index < -0.39 is 20.7 Å². The molecule has 1 N–H and O–H groups in total. The Labute approximate surface area is 139 Å². The summed E-state index contributed by atoms with van der Waals surface area (Å²) in [5.41, 5.74) is 0. The third-order valence-electron chi connectivity index (χ3n) is 0. The zero-order chi connectivity index (χ0) is 9.65. The molecule has 0 aromatic heterocycles. The Hall–Kier alpha value is 2.58. The van der Waals surface area contributed by atoms with Gasteiger partial charge < -0.3 is 24.4 Å². The third kappa shape index (κ3) is 253. The molecule has 0 aromatic rings. The Morgan fingerprint density at radius 3 is 1.42 bits per heavy atom. The molecule has 0 aliphatic heterocycles. The molecular weight excluding hydrogens is 220 g/mol. The maximum atomic E-state index is 9.32. The molecule has 12 heavy (non-hydrogen) atoms. The molecule has 0 fully saturated rings. The van der Waals surface area contributed by atoms with Crippen LogP contribution in [0.1, 0.15) is 9.62 Å². The number of hydrogen-bond acceptors (Lipinski definition) is 5. The number of carboxylic acid groups (broad SMARTS) is 1. The number of hydrogen-bond donors (Lipinski definition) is 1. The molecular formula is C2H4Na3O6P. The van der Waals surface area contributed by atoms with E-state index in [1.807, 2.05) is 0 Å². The van der Waals surface area contributed by atoms with E-state index in [0.29, 0.717) is 0 Å². The molecule has 0 spiro atoms. The smallest absolute Gasteiger partial charge is 0.822 e. The van der Waals surface area contributed by atoms with Gasteiger partial charge in [-0.3, -0.25) is 4.79 Å². The van der Waals surface area contributed by atoms with E-state index >= 15 is 0 Å². The second kappa shape index (κ2) is 16.0. The first-order valence-corrected chi connectivity index (χ1v) is 2.91. The fourth-order valence-corrected chi connectivity index (χ4v) is 0. The Kier molecular flexibility index (Phi) is 26.8. The van der Waals surface area contributed by atoms with Gasteiger partial charge in [-0.05, 0) is 0 Å².